The number of benzene rings is 1. The fourth-order valence-corrected chi connectivity index (χ4v) is 1.65. The van der Waals surface area contributed by atoms with Gasteiger partial charge in [-0.3, -0.25) is 4.79 Å². The Hall–Kier alpha value is -1.95. The molecule has 0 spiro atoms. The molecule has 0 unspecified atom stereocenters. The highest BCUT2D eigenvalue weighted by Gasteiger charge is 2.11. The molecule has 2 rings (SSSR count). The summed E-state index contributed by atoms with van der Waals surface area (Å²) in [5.41, 5.74) is 7.70. The van der Waals surface area contributed by atoms with E-state index in [1.54, 1.807) is 30.9 Å². The summed E-state index contributed by atoms with van der Waals surface area (Å²) in [7, 11) is 3.44. The zero-order valence-electron chi connectivity index (χ0n) is 9.92. The predicted octanol–water partition coefficient (Wildman–Crippen LogP) is 0.0918. The van der Waals surface area contributed by atoms with Gasteiger partial charge in [0.15, 0.2) is 0 Å². The van der Waals surface area contributed by atoms with Crippen LogP contribution in [0.3, 0.4) is 0 Å². The zero-order chi connectivity index (χ0) is 12.4. The lowest BCUT2D eigenvalue weighted by Gasteiger charge is -2.09. The van der Waals surface area contributed by atoms with E-state index in [-0.39, 0.29) is 5.91 Å². The van der Waals surface area contributed by atoms with Crippen LogP contribution in [0.5, 0.6) is 0 Å². The van der Waals surface area contributed by atoms with Crippen LogP contribution < -0.4 is 5.73 Å². The van der Waals surface area contributed by atoms with Crippen molar-refractivity contribution in [1.82, 2.24) is 19.9 Å². The van der Waals surface area contributed by atoms with Crippen molar-refractivity contribution < 1.29 is 4.79 Å². The summed E-state index contributed by atoms with van der Waals surface area (Å²) in [6.45, 7) is 1.13. The van der Waals surface area contributed by atoms with E-state index >= 15 is 0 Å². The summed E-state index contributed by atoms with van der Waals surface area (Å²) in [5.74, 6) is -0.0414. The lowest BCUT2D eigenvalue weighted by atomic mass is 10.2. The number of carbonyl (C=O) groups is 1. The highest BCUT2D eigenvalue weighted by Crippen LogP contribution is 2.14. The summed E-state index contributed by atoms with van der Waals surface area (Å²) < 4.78 is 1.74. The molecule has 0 saturated heterocycles. The van der Waals surface area contributed by atoms with Crippen LogP contribution in [-0.4, -0.2) is 46.4 Å². The van der Waals surface area contributed by atoms with Crippen LogP contribution in [0.15, 0.2) is 18.2 Å². The molecule has 1 aromatic heterocycles. The lowest BCUT2D eigenvalue weighted by molar-refractivity contribution is 0.0828. The minimum Gasteiger partial charge on any atom is -0.345 e. The molecule has 6 nitrogen and oxygen atoms in total. The second-order valence-corrected chi connectivity index (χ2v) is 4.00. The van der Waals surface area contributed by atoms with Crippen molar-refractivity contribution in [2.75, 3.05) is 20.6 Å². The fourth-order valence-electron chi connectivity index (χ4n) is 1.65. The molecule has 6 heteroatoms. The average molecular weight is 233 g/mol. The Morgan fingerprint density at radius 2 is 2.24 bits per heavy atom. The summed E-state index contributed by atoms with van der Waals surface area (Å²) in [4.78, 5) is 13.3. The molecule has 0 fully saturated rings. The Labute approximate surface area is 99.0 Å². The van der Waals surface area contributed by atoms with Crippen LogP contribution >= 0.6 is 0 Å². The van der Waals surface area contributed by atoms with Crippen LogP contribution in [-0.2, 0) is 6.54 Å². The number of aromatic nitrogens is 3. The third kappa shape index (κ3) is 2.12. The number of rotatable bonds is 3. The van der Waals surface area contributed by atoms with Crippen molar-refractivity contribution in [2.24, 2.45) is 5.73 Å². The first-order valence-corrected chi connectivity index (χ1v) is 5.38. The fraction of sp³-hybridized carbons (Fsp3) is 0.364. The van der Waals surface area contributed by atoms with Gasteiger partial charge in [0, 0.05) is 26.2 Å². The third-order valence-electron chi connectivity index (χ3n) is 2.51. The molecule has 1 aromatic carbocycles. The van der Waals surface area contributed by atoms with Gasteiger partial charge in [-0.05, 0) is 18.2 Å². The minimum absolute atomic E-state index is 0.0414. The molecule has 0 aliphatic heterocycles. The first-order valence-electron chi connectivity index (χ1n) is 5.38. The normalized spacial score (nSPS) is 10.8. The van der Waals surface area contributed by atoms with Crippen LogP contribution in [0, 0.1) is 0 Å². The topological polar surface area (TPSA) is 77.0 Å². The Bertz CT molecular complexity index is 546. The molecular formula is C11H15N5O. The van der Waals surface area contributed by atoms with Gasteiger partial charge in [-0.1, -0.05) is 5.21 Å². The standard InChI is InChI=1S/C11H15N5O/c1-15(2)11(17)8-3-4-10-9(7-8)13-14-16(10)6-5-12/h3-4,7H,5-6,12H2,1-2H3. The zero-order valence-corrected chi connectivity index (χ0v) is 9.92. The SMILES string of the molecule is CN(C)C(=O)c1ccc2c(c1)nnn2CCN. The molecule has 0 saturated carbocycles. The van der Waals surface area contributed by atoms with Gasteiger partial charge in [-0.15, -0.1) is 5.10 Å². The molecule has 2 aromatic rings. The highest BCUT2D eigenvalue weighted by atomic mass is 16.2. The minimum atomic E-state index is -0.0414. The van der Waals surface area contributed by atoms with Crippen molar-refractivity contribution in [2.45, 2.75) is 6.54 Å². The summed E-state index contributed by atoms with van der Waals surface area (Å²) in [6, 6.07) is 5.38. The largest absolute Gasteiger partial charge is 0.345 e. The molecule has 0 bridgehead atoms. The third-order valence-corrected chi connectivity index (χ3v) is 2.51. The lowest BCUT2D eigenvalue weighted by Crippen LogP contribution is -2.21. The van der Waals surface area contributed by atoms with Gasteiger partial charge < -0.3 is 10.6 Å². The van der Waals surface area contributed by atoms with Gasteiger partial charge in [-0.2, -0.15) is 0 Å². The maximum atomic E-state index is 11.8. The number of fused-ring (bicyclic) bond motifs is 1. The molecule has 17 heavy (non-hydrogen) atoms. The van der Waals surface area contributed by atoms with Crippen LogP contribution in [0.25, 0.3) is 11.0 Å². The maximum absolute atomic E-state index is 11.8. The van der Waals surface area contributed by atoms with Gasteiger partial charge in [-0.25, -0.2) is 4.68 Å². The summed E-state index contributed by atoms with van der Waals surface area (Å²) >= 11 is 0. The maximum Gasteiger partial charge on any atom is 0.253 e. The van der Waals surface area contributed by atoms with Crippen molar-refractivity contribution in [3.8, 4) is 0 Å². The van der Waals surface area contributed by atoms with E-state index < -0.39 is 0 Å². The number of hydrogen-bond acceptors (Lipinski definition) is 4. The van der Waals surface area contributed by atoms with Gasteiger partial charge in [0.1, 0.15) is 5.52 Å². The smallest absolute Gasteiger partial charge is 0.253 e. The number of carbonyl (C=O) groups excluding carboxylic acids is 1. The van der Waals surface area contributed by atoms with Gasteiger partial charge in [0.25, 0.3) is 5.91 Å². The van der Waals surface area contributed by atoms with Gasteiger partial charge >= 0.3 is 0 Å². The molecule has 0 aliphatic carbocycles. The van der Waals surface area contributed by atoms with Crippen LogP contribution in [0.2, 0.25) is 0 Å². The Morgan fingerprint density at radius 1 is 1.47 bits per heavy atom. The van der Waals surface area contributed by atoms with Crippen molar-refractivity contribution in [3.05, 3.63) is 23.8 Å². The summed E-state index contributed by atoms with van der Waals surface area (Å²) in [5, 5.41) is 8.02. The number of nitrogens with zero attached hydrogens (tertiary/aromatic N) is 4. The highest BCUT2D eigenvalue weighted by molar-refractivity contribution is 5.96. The van der Waals surface area contributed by atoms with E-state index in [2.05, 4.69) is 10.3 Å². The van der Waals surface area contributed by atoms with Crippen molar-refractivity contribution in [3.63, 3.8) is 0 Å². The Morgan fingerprint density at radius 3 is 2.88 bits per heavy atom. The van der Waals surface area contributed by atoms with Gasteiger partial charge in [0.05, 0.1) is 12.1 Å². The summed E-state index contributed by atoms with van der Waals surface area (Å²) in [6.07, 6.45) is 0. The van der Waals surface area contributed by atoms with Gasteiger partial charge in [0.2, 0.25) is 0 Å². The average Bonchev–Trinajstić information content (AvgIpc) is 2.71. The molecule has 90 valence electrons. The van der Waals surface area contributed by atoms with E-state index in [1.165, 1.54) is 4.90 Å². The van der Waals surface area contributed by atoms with Crippen molar-refractivity contribution in [1.29, 1.82) is 0 Å². The quantitative estimate of drug-likeness (QED) is 0.815. The van der Waals surface area contributed by atoms with E-state index in [0.717, 1.165) is 5.52 Å². The second kappa shape index (κ2) is 4.50. The monoisotopic (exact) mass is 233 g/mol. The number of amides is 1. The first kappa shape index (κ1) is 11.5. The predicted molar refractivity (Wildman–Crippen MR) is 64.6 cm³/mol. The Kier molecular flexibility index (Phi) is 3.06. The molecule has 0 radical (unpaired) electrons. The van der Waals surface area contributed by atoms with Crippen molar-refractivity contribution >= 4 is 16.9 Å². The molecular weight excluding hydrogens is 218 g/mol. The molecule has 1 heterocycles. The van der Waals surface area contributed by atoms with E-state index in [1.807, 2.05) is 6.07 Å². The van der Waals surface area contributed by atoms with E-state index in [4.69, 9.17) is 5.73 Å². The van der Waals surface area contributed by atoms with E-state index in [9.17, 15) is 4.79 Å². The van der Waals surface area contributed by atoms with Crippen LogP contribution in [0.1, 0.15) is 10.4 Å². The van der Waals surface area contributed by atoms with Crippen LogP contribution in [0.4, 0.5) is 0 Å². The second-order valence-electron chi connectivity index (χ2n) is 4.00. The molecule has 2 N–H and O–H groups in total. The number of nitrogens with two attached hydrogens (primary N) is 1. The molecule has 0 aliphatic rings. The number of hydrogen-bond donors (Lipinski definition) is 1. The molecule has 0 atom stereocenters. The molecule has 1 amide bonds. The van der Waals surface area contributed by atoms with E-state index in [0.29, 0.717) is 24.2 Å². The first-order chi connectivity index (χ1) is 8.13. The Balaban J connectivity index is 2.42.